The van der Waals surface area contributed by atoms with Crippen LogP contribution in [0, 0.1) is 37.3 Å². The highest BCUT2D eigenvalue weighted by molar-refractivity contribution is 5.92. The highest BCUT2D eigenvalue weighted by Crippen LogP contribution is 2.32. The summed E-state index contributed by atoms with van der Waals surface area (Å²) in [5.74, 6) is 0. The maximum Gasteiger partial charge on any atom is 0.292 e. The summed E-state index contributed by atoms with van der Waals surface area (Å²) in [6.45, 7) is 1.80. The Balaban J connectivity index is 2.49. The first-order valence-corrected chi connectivity index (χ1v) is 6.77. The van der Waals surface area contributed by atoms with Crippen LogP contribution >= 0.6 is 0 Å². The Kier molecular flexibility index (Phi) is 4.98. The molecule has 0 aliphatic heterocycles. The molecular weight excluding hydrogens is 334 g/mol. The number of nitro groups is 3. The molecule has 0 radical (unpaired) electrons. The SMILES string of the molecule is Cc1ccccc1N/N=C/c1c([N+](=O)[O-])cc([N+](=O)[O-])cc1[N+](=O)[O-]. The molecule has 0 aromatic heterocycles. The first-order chi connectivity index (χ1) is 11.8. The third-order valence-corrected chi connectivity index (χ3v) is 3.25. The number of rotatable bonds is 6. The van der Waals surface area contributed by atoms with Crippen LogP contribution in [0.5, 0.6) is 0 Å². The lowest BCUT2D eigenvalue weighted by molar-refractivity contribution is -0.403. The van der Waals surface area contributed by atoms with Crippen molar-refractivity contribution >= 4 is 29.0 Å². The van der Waals surface area contributed by atoms with Gasteiger partial charge in [-0.05, 0) is 18.6 Å². The third kappa shape index (κ3) is 3.90. The number of anilines is 1. The van der Waals surface area contributed by atoms with Crippen molar-refractivity contribution in [2.24, 2.45) is 5.10 Å². The lowest BCUT2D eigenvalue weighted by Crippen LogP contribution is -2.03. The van der Waals surface area contributed by atoms with E-state index in [1.54, 1.807) is 31.2 Å². The molecule has 0 unspecified atom stereocenters. The van der Waals surface area contributed by atoms with Gasteiger partial charge in [-0.3, -0.25) is 35.8 Å². The number of aryl methyl sites for hydroxylation is 1. The second kappa shape index (κ2) is 7.12. The number of nitro benzene ring substituents is 3. The highest BCUT2D eigenvalue weighted by Gasteiger charge is 2.29. The standard InChI is InChI=1S/C14H11N5O6/c1-9-4-2-3-5-12(9)16-15-8-11-13(18(22)23)6-10(17(20)21)7-14(11)19(24)25/h2-8,16H,1H3/b15-8+. The van der Waals surface area contributed by atoms with Gasteiger partial charge in [-0.15, -0.1) is 0 Å². The van der Waals surface area contributed by atoms with Crippen molar-refractivity contribution < 1.29 is 14.8 Å². The smallest absolute Gasteiger partial charge is 0.278 e. The number of nitrogens with zero attached hydrogens (tertiary/aromatic N) is 4. The summed E-state index contributed by atoms with van der Waals surface area (Å²) in [7, 11) is 0. The summed E-state index contributed by atoms with van der Waals surface area (Å²) in [5.41, 5.74) is 1.31. The van der Waals surface area contributed by atoms with Crippen LogP contribution in [0.25, 0.3) is 0 Å². The monoisotopic (exact) mass is 345 g/mol. The average Bonchev–Trinajstić information content (AvgIpc) is 2.55. The minimum absolute atomic E-state index is 0.443. The van der Waals surface area contributed by atoms with Gasteiger partial charge in [0.1, 0.15) is 0 Å². The molecular formula is C14H11N5O6. The molecule has 11 heteroatoms. The molecule has 0 atom stereocenters. The van der Waals surface area contributed by atoms with Gasteiger partial charge in [-0.1, -0.05) is 18.2 Å². The minimum Gasteiger partial charge on any atom is -0.278 e. The summed E-state index contributed by atoms with van der Waals surface area (Å²) in [6.07, 6.45) is 0.895. The van der Waals surface area contributed by atoms with Gasteiger partial charge in [-0.2, -0.15) is 5.10 Å². The van der Waals surface area contributed by atoms with E-state index in [0.29, 0.717) is 17.8 Å². The van der Waals surface area contributed by atoms with Gasteiger partial charge in [0.05, 0.1) is 38.8 Å². The Labute approximate surface area is 140 Å². The number of para-hydroxylation sites is 1. The first-order valence-electron chi connectivity index (χ1n) is 6.77. The Hall–Kier alpha value is -3.89. The average molecular weight is 345 g/mol. The van der Waals surface area contributed by atoms with Crippen LogP contribution < -0.4 is 5.43 Å². The van der Waals surface area contributed by atoms with E-state index in [1.165, 1.54) is 0 Å². The summed E-state index contributed by atoms with van der Waals surface area (Å²) in [5, 5.41) is 36.9. The van der Waals surface area contributed by atoms with Gasteiger partial charge >= 0.3 is 0 Å². The zero-order valence-electron chi connectivity index (χ0n) is 12.8. The lowest BCUT2D eigenvalue weighted by Gasteiger charge is -2.04. The molecule has 25 heavy (non-hydrogen) atoms. The molecule has 11 nitrogen and oxygen atoms in total. The molecule has 2 rings (SSSR count). The van der Waals surface area contributed by atoms with E-state index in [4.69, 9.17) is 0 Å². The van der Waals surface area contributed by atoms with E-state index in [-0.39, 0.29) is 0 Å². The van der Waals surface area contributed by atoms with Crippen LogP contribution in [-0.2, 0) is 0 Å². The second-order valence-corrected chi connectivity index (χ2v) is 4.85. The predicted molar refractivity (Wildman–Crippen MR) is 88.8 cm³/mol. The Bertz CT molecular complexity index is 860. The Morgan fingerprint density at radius 2 is 1.52 bits per heavy atom. The molecule has 0 amide bonds. The van der Waals surface area contributed by atoms with Crippen LogP contribution in [0.1, 0.15) is 11.1 Å². The molecule has 0 spiro atoms. The first kappa shape index (κ1) is 17.5. The molecule has 1 N–H and O–H groups in total. The van der Waals surface area contributed by atoms with E-state index in [0.717, 1.165) is 11.8 Å². The fraction of sp³-hybridized carbons (Fsp3) is 0.0714. The van der Waals surface area contributed by atoms with Crippen molar-refractivity contribution in [2.45, 2.75) is 6.92 Å². The van der Waals surface area contributed by atoms with Crippen molar-refractivity contribution in [3.05, 3.63) is 77.9 Å². The van der Waals surface area contributed by atoms with Gasteiger partial charge in [0.2, 0.25) is 0 Å². The van der Waals surface area contributed by atoms with Gasteiger partial charge in [0.25, 0.3) is 17.1 Å². The van der Waals surface area contributed by atoms with Crippen molar-refractivity contribution in [3.8, 4) is 0 Å². The van der Waals surface area contributed by atoms with Crippen LogP contribution in [0.15, 0.2) is 41.5 Å². The third-order valence-electron chi connectivity index (χ3n) is 3.25. The molecule has 2 aromatic carbocycles. The largest absolute Gasteiger partial charge is 0.292 e. The fourth-order valence-electron chi connectivity index (χ4n) is 2.01. The summed E-state index contributed by atoms with van der Waals surface area (Å²) in [4.78, 5) is 30.3. The van der Waals surface area contributed by atoms with E-state index < -0.39 is 37.4 Å². The van der Waals surface area contributed by atoms with Gasteiger partial charge in [-0.25, -0.2) is 0 Å². The van der Waals surface area contributed by atoms with Gasteiger partial charge < -0.3 is 0 Å². The second-order valence-electron chi connectivity index (χ2n) is 4.85. The van der Waals surface area contributed by atoms with E-state index in [9.17, 15) is 30.3 Å². The zero-order valence-corrected chi connectivity index (χ0v) is 12.8. The fourth-order valence-corrected chi connectivity index (χ4v) is 2.01. The van der Waals surface area contributed by atoms with Crippen molar-refractivity contribution in [1.29, 1.82) is 0 Å². The van der Waals surface area contributed by atoms with Crippen LogP contribution in [0.2, 0.25) is 0 Å². The molecule has 0 heterocycles. The van der Waals surface area contributed by atoms with Gasteiger partial charge in [0.15, 0.2) is 5.56 Å². The van der Waals surface area contributed by atoms with E-state index in [1.807, 2.05) is 0 Å². The number of non-ortho nitro benzene ring substituents is 1. The minimum atomic E-state index is -0.938. The van der Waals surface area contributed by atoms with Crippen molar-refractivity contribution in [1.82, 2.24) is 0 Å². The summed E-state index contributed by atoms with van der Waals surface area (Å²) < 4.78 is 0. The molecule has 2 aromatic rings. The maximum absolute atomic E-state index is 11.1. The zero-order chi connectivity index (χ0) is 18.6. The van der Waals surface area contributed by atoms with E-state index in [2.05, 4.69) is 10.5 Å². The summed E-state index contributed by atoms with van der Waals surface area (Å²) in [6, 6.07) is 8.35. The molecule has 0 fully saturated rings. The maximum atomic E-state index is 11.1. The van der Waals surface area contributed by atoms with Crippen LogP contribution in [0.3, 0.4) is 0 Å². The van der Waals surface area contributed by atoms with Crippen molar-refractivity contribution in [2.75, 3.05) is 5.43 Å². The van der Waals surface area contributed by atoms with E-state index >= 15 is 0 Å². The Morgan fingerprint density at radius 3 is 2.00 bits per heavy atom. The highest BCUT2D eigenvalue weighted by atomic mass is 16.6. The molecule has 0 aliphatic rings. The number of hydrogen-bond acceptors (Lipinski definition) is 8. The number of hydrogen-bond donors (Lipinski definition) is 1. The number of benzene rings is 2. The molecule has 128 valence electrons. The molecule has 0 saturated heterocycles. The molecule has 0 saturated carbocycles. The number of hydrazone groups is 1. The Morgan fingerprint density at radius 1 is 0.960 bits per heavy atom. The predicted octanol–water partition coefficient (Wildman–Crippen LogP) is 3.17. The lowest BCUT2D eigenvalue weighted by atomic mass is 10.1. The molecule has 0 bridgehead atoms. The normalized spacial score (nSPS) is 10.6. The topological polar surface area (TPSA) is 154 Å². The quantitative estimate of drug-likeness (QED) is 0.479. The van der Waals surface area contributed by atoms with Crippen molar-refractivity contribution in [3.63, 3.8) is 0 Å². The van der Waals surface area contributed by atoms with Crippen LogP contribution in [-0.4, -0.2) is 21.0 Å². The molecule has 0 aliphatic carbocycles. The number of nitrogens with one attached hydrogen (secondary N) is 1. The van der Waals surface area contributed by atoms with Gasteiger partial charge in [0, 0.05) is 0 Å². The van der Waals surface area contributed by atoms with Crippen LogP contribution in [0.4, 0.5) is 22.7 Å². The summed E-state index contributed by atoms with van der Waals surface area (Å²) >= 11 is 0.